The molecule has 3 atom stereocenters. The molecule has 6 nitrogen and oxygen atoms in total. The molecule has 0 radical (unpaired) electrons. The fourth-order valence-corrected chi connectivity index (χ4v) is 4.71. The first kappa shape index (κ1) is 15.3. The van der Waals surface area contributed by atoms with Crippen molar-refractivity contribution in [2.24, 2.45) is 11.8 Å². The predicted octanol–water partition coefficient (Wildman–Crippen LogP) is 0.212. The Bertz CT molecular complexity index is 942. The second-order valence-corrected chi connectivity index (χ2v) is 7.14. The molecule has 0 bridgehead atoms. The van der Waals surface area contributed by atoms with Crippen LogP contribution >= 0.6 is 0 Å². The van der Waals surface area contributed by atoms with Crippen molar-refractivity contribution in [1.29, 1.82) is 0 Å². The predicted molar refractivity (Wildman–Crippen MR) is 92.5 cm³/mol. The third kappa shape index (κ3) is 1.82. The van der Waals surface area contributed by atoms with Crippen LogP contribution in [0.1, 0.15) is 11.1 Å². The number of para-hydroxylation sites is 1. The molecule has 3 aliphatic heterocycles. The molecule has 2 aromatic rings. The number of carbonyl (C=O) groups excluding carboxylic acids is 3. The number of hydrogen-bond acceptors (Lipinski definition) is 3. The topological polar surface area (TPSA) is 83.1 Å². The van der Waals surface area contributed by atoms with Crippen LogP contribution in [0.15, 0.2) is 54.6 Å². The lowest BCUT2D eigenvalue weighted by atomic mass is 9.77. The third-order valence-electron chi connectivity index (χ3n) is 5.88. The van der Waals surface area contributed by atoms with Gasteiger partial charge in [-0.1, -0.05) is 48.5 Å². The molecule has 0 aliphatic carbocycles. The lowest BCUT2D eigenvalue weighted by molar-refractivity contribution is -0.704. The zero-order chi connectivity index (χ0) is 17.9. The van der Waals surface area contributed by atoms with Crippen molar-refractivity contribution in [3.05, 3.63) is 65.7 Å². The molecule has 3 aliphatic rings. The maximum absolute atomic E-state index is 13.2. The van der Waals surface area contributed by atoms with E-state index in [0.29, 0.717) is 6.54 Å². The highest BCUT2D eigenvalue weighted by molar-refractivity contribution is 6.13. The Morgan fingerprint density at radius 3 is 2.54 bits per heavy atom. The Kier molecular flexibility index (Phi) is 3.09. The molecule has 1 spiro atoms. The average molecular weight is 348 g/mol. The smallest absolute Gasteiger partial charge is 0.291 e. The number of amides is 3. The lowest BCUT2D eigenvalue weighted by Crippen LogP contribution is -2.95. The summed E-state index contributed by atoms with van der Waals surface area (Å²) in [6.45, 7) is 0.702. The first-order valence-electron chi connectivity index (χ1n) is 8.77. The fourth-order valence-electron chi connectivity index (χ4n) is 4.71. The third-order valence-corrected chi connectivity index (χ3v) is 5.88. The number of anilines is 1. The molecule has 0 aromatic heterocycles. The Hall–Kier alpha value is -2.99. The van der Waals surface area contributed by atoms with Gasteiger partial charge in [0.2, 0.25) is 17.4 Å². The first-order valence-corrected chi connectivity index (χ1v) is 8.77. The average Bonchev–Trinajstić information content (AvgIpc) is 3.26. The standard InChI is InChI=1S/C20H17N3O3/c24-17-13-10-21-20(14-8-4-5-9-15(14)22-19(20)26)16(13)18(25)23(17)11-12-6-2-1-3-7-12/h1-9,13,16,21H,10-11H2,(H,22,26)/p+1/t13-,16-,20-/m0/s1. The van der Waals surface area contributed by atoms with Crippen molar-refractivity contribution < 1.29 is 19.7 Å². The molecule has 130 valence electrons. The Balaban J connectivity index is 1.55. The lowest BCUT2D eigenvalue weighted by Gasteiger charge is -2.25. The highest BCUT2D eigenvalue weighted by Crippen LogP contribution is 2.47. The number of carbonyl (C=O) groups is 3. The van der Waals surface area contributed by atoms with E-state index in [-0.39, 0.29) is 24.3 Å². The zero-order valence-electron chi connectivity index (χ0n) is 14.0. The summed E-state index contributed by atoms with van der Waals surface area (Å²) in [7, 11) is 0. The van der Waals surface area contributed by atoms with E-state index in [1.165, 1.54) is 4.90 Å². The van der Waals surface area contributed by atoms with E-state index >= 15 is 0 Å². The van der Waals surface area contributed by atoms with Crippen LogP contribution in [0.4, 0.5) is 5.69 Å². The summed E-state index contributed by atoms with van der Waals surface area (Å²) in [5.41, 5.74) is 1.42. The molecule has 2 saturated heterocycles. The van der Waals surface area contributed by atoms with Gasteiger partial charge in [-0.3, -0.25) is 19.3 Å². The number of nitrogens with one attached hydrogen (secondary N) is 1. The van der Waals surface area contributed by atoms with Gasteiger partial charge in [0.05, 0.1) is 18.8 Å². The number of hydrogen-bond donors (Lipinski definition) is 2. The van der Waals surface area contributed by atoms with E-state index in [1.54, 1.807) is 0 Å². The molecule has 3 N–H and O–H groups in total. The van der Waals surface area contributed by atoms with Crippen molar-refractivity contribution in [1.82, 2.24) is 4.90 Å². The molecule has 3 heterocycles. The molecule has 6 heteroatoms. The van der Waals surface area contributed by atoms with Crippen LogP contribution in [0.2, 0.25) is 0 Å². The SMILES string of the molecule is O=C1[C@H]2C[NH2+][C@]3(C(=O)Nc4ccccc43)[C@@H]2C(=O)N1Cc1ccccc1. The molecule has 2 aromatic carbocycles. The van der Waals surface area contributed by atoms with Crippen molar-refractivity contribution in [3.63, 3.8) is 0 Å². The number of fused-ring (bicyclic) bond motifs is 4. The minimum absolute atomic E-state index is 0.172. The largest absolute Gasteiger partial charge is 0.328 e. The number of imide groups is 1. The zero-order valence-corrected chi connectivity index (χ0v) is 14.0. The van der Waals surface area contributed by atoms with Gasteiger partial charge in [-0.15, -0.1) is 0 Å². The van der Waals surface area contributed by atoms with Crippen molar-refractivity contribution in [2.75, 3.05) is 11.9 Å². The van der Waals surface area contributed by atoms with Crippen LogP contribution in [0.25, 0.3) is 0 Å². The summed E-state index contributed by atoms with van der Waals surface area (Å²) in [4.78, 5) is 40.4. The molecular formula is C20H18N3O3+. The molecule has 0 saturated carbocycles. The summed E-state index contributed by atoms with van der Waals surface area (Å²) in [5.74, 6) is -1.72. The minimum Gasteiger partial charge on any atom is -0.328 e. The van der Waals surface area contributed by atoms with Gasteiger partial charge < -0.3 is 10.6 Å². The summed E-state index contributed by atoms with van der Waals surface area (Å²) in [6, 6.07) is 16.9. The monoisotopic (exact) mass is 348 g/mol. The highest BCUT2D eigenvalue weighted by atomic mass is 16.2. The Labute approximate surface area is 150 Å². The van der Waals surface area contributed by atoms with Crippen molar-refractivity contribution >= 4 is 23.4 Å². The fraction of sp³-hybridized carbons (Fsp3) is 0.250. The Morgan fingerprint density at radius 2 is 1.73 bits per heavy atom. The quantitative estimate of drug-likeness (QED) is 0.761. The van der Waals surface area contributed by atoms with Crippen LogP contribution in [0.5, 0.6) is 0 Å². The van der Waals surface area contributed by atoms with E-state index in [1.807, 2.05) is 59.9 Å². The molecule has 0 unspecified atom stereocenters. The van der Waals surface area contributed by atoms with E-state index in [4.69, 9.17) is 0 Å². The van der Waals surface area contributed by atoms with Gasteiger partial charge in [-0.2, -0.15) is 0 Å². The van der Waals surface area contributed by atoms with E-state index in [0.717, 1.165) is 16.8 Å². The summed E-state index contributed by atoms with van der Waals surface area (Å²) >= 11 is 0. The number of rotatable bonds is 2. The summed E-state index contributed by atoms with van der Waals surface area (Å²) in [5, 5.41) is 4.76. The molecule has 26 heavy (non-hydrogen) atoms. The molecule has 3 amide bonds. The van der Waals surface area contributed by atoms with Crippen LogP contribution in [0, 0.1) is 11.8 Å². The maximum atomic E-state index is 13.2. The highest BCUT2D eigenvalue weighted by Gasteiger charge is 2.71. The molecular weight excluding hydrogens is 330 g/mol. The second kappa shape index (κ2) is 5.25. The number of benzene rings is 2. The van der Waals surface area contributed by atoms with E-state index in [2.05, 4.69) is 5.32 Å². The summed E-state index contributed by atoms with van der Waals surface area (Å²) in [6.07, 6.45) is 0. The van der Waals surface area contributed by atoms with Gasteiger partial charge in [-0.25, -0.2) is 0 Å². The number of likely N-dealkylation sites (tertiary alicyclic amines) is 1. The normalized spacial score (nSPS) is 29.2. The Morgan fingerprint density at radius 1 is 1.00 bits per heavy atom. The van der Waals surface area contributed by atoms with Crippen molar-refractivity contribution in [3.8, 4) is 0 Å². The summed E-state index contributed by atoms with van der Waals surface area (Å²) < 4.78 is 0. The van der Waals surface area contributed by atoms with Crippen LogP contribution in [-0.2, 0) is 26.5 Å². The van der Waals surface area contributed by atoms with Gasteiger partial charge in [-0.05, 0) is 11.6 Å². The van der Waals surface area contributed by atoms with Crippen LogP contribution in [0.3, 0.4) is 0 Å². The van der Waals surface area contributed by atoms with Gasteiger partial charge >= 0.3 is 0 Å². The molecule has 5 rings (SSSR count). The first-order chi connectivity index (χ1) is 12.6. The van der Waals surface area contributed by atoms with Crippen LogP contribution in [-0.4, -0.2) is 29.2 Å². The number of quaternary nitrogens is 1. The molecule has 2 fully saturated rings. The van der Waals surface area contributed by atoms with Gasteiger partial charge in [0.1, 0.15) is 11.8 Å². The second-order valence-electron chi connectivity index (χ2n) is 7.14. The van der Waals surface area contributed by atoms with Gasteiger partial charge in [0.25, 0.3) is 5.91 Å². The number of nitrogens with zero attached hydrogens (tertiary/aromatic N) is 1. The maximum Gasteiger partial charge on any atom is 0.291 e. The van der Waals surface area contributed by atoms with E-state index in [9.17, 15) is 14.4 Å². The van der Waals surface area contributed by atoms with E-state index < -0.39 is 17.4 Å². The van der Waals surface area contributed by atoms with Gasteiger partial charge in [0, 0.05) is 5.56 Å². The van der Waals surface area contributed by atoms with Crippen molar-refractivity contribution in [2.45, 2.75) is 12.1 Å². The minimum atomic E-state index is -1.03. The number of nitrogens with two attached hydrogens (primary N) is 1. The van der Waals surface area contributed by atoms with Crippen LogP contribution < -0.4 is 10.6 Å². The van der Waals surface area contributed by atoms with Gasteiger partial charge in [0.15, 0.2) is 0 Å².